The van der Waals surface area contributed by atoms with E-state index in [2.05, 4.69) is 289 Å². The molecule has 0 aliphatic heterocycles. The summed E-state index contributed by atoms with van der Waals surface area (Å²) in [5.74, 6) is 0. The number of benzene rings is 9. The summed E-state index contributed by atoms with van der Waals surface area (Å²) in [6.07, 6.45) is 0. The van der Waals surface area contributed by atoms with Gasteiger partial charge in [-0.1, -0.05) is 273 Å². The zero-order valence-corrected chi connectivity index (χ0v) is 39.6. The second-order valence-corrected chi connectivity index (χ2v) is 20.1. The molecular weight excluding hydrogens is 950 g/mol. The summed E-state index contributed by atoms with van der Waals surface area (Å²) in [5, 5.41) is 13.9. The largest absolute Gasteiger partial charge is 0.0622 e. The number of carbonyl (C=O) groups excluding carboxylic acids is 1. The zero-order chi connectivity index (χ0) is 41.5. The van der Waals surface area contributed by atoms with Gasteiger partial charge in [-0.3, -0.25) is 15.9 Å². The van der Waals surface area contributed by atoms with Gasteiger partial charge in [0.15, 0.2) is 0 Å². The van der Waals surface area contributed by atoms with Gasteiger partial charge in [-0.2, -0.15) is 5.20 Å². The minimum atomic E-state index is -0.446. The van der Waals surface area contributed by atoms with Crippen LogP contribution in [0.15, 0.2) is 273 Å². The van der Waals surface area contributed by atoms with Crippen molar-refractivity contribution in [3.63, 3.8) is 0 Å². The Bertz CT molecular complexity index is 1930. The van der Waals surface area contributed by atoms with Gasteiger partial charge in [0.2, 0.25) is 0 Å². The van der Waals surface area contributed by atoms with Gasteiger partial charge in [0.25, 0.3) is 0 Å². The van der Waals surface area contributed by atoms with E-state index in [-0.39, 0.29) is 19.5 Å². The van der Waals surface area contributed by atoms with E-state index in [9.17, 15) is 0 Å². The van der Waals surface area contributed by atoms with Crippen molar-refractivity contribution in [3.05, 3.63) is 273 Å². The molecule has 61 heavy (non-hydrogen) atoms. The maximum atomic E-state index is 8.60. The maximum absolute atomic E-state index is 8.60. The molecule has 9 aromatic carbocycles. The van der Waals surface area contributed by atoms with Gasteiger partial charge < -0.3 is 4.79 Å². The van der Waals surface area contributed by atoms with Crippen LogP contribution in [0.4, 0.5) is 0 Å². The second kappa shape index (κ2) is 27.1. The molecule has 0 saturated heterocycles. The minimum absolute atomic E-state index is 0. The van der Waals surface area contributed by atoms with Crippen LogP contribution in [0.3, 0.4) is 0 Å². The van der Waals surface area contributed by atoms with Crippen molar-refractivity contribution in [2.75, 3.05) is 0 Å². The minimum Gasteiger partial charge on any atom is -0.0622 e. The first kappa shape index (κ1) is 47.1. The summed E-state index contributed by atoms with van der Waals surface area (Å²) >= 11 is 2.34. The van der Waals surface area contributed by atoms with Crippen LogP contribution in [-0.4, -0.2) is 5.20 Å². The average molecular weight is 997 g/mol. The molecule has 9 rings (SSSR count). The van der Waals surface area contributed by atoms with Crippen molar-refractivity contribution in [2.24, 2.45) is 0 Å². The molecule has 302 valence electrons. The Morgan fingerprint density at radius 2 is 0.311 bits per heavy atom. The first-order valence-electron chi connectivity index (χ1n) is 19.6. The van der Waals surface area contributed by atoms with E-state index in [1.165, 1.54) is 52.9 Å². The van der Waals surface area contributed by atoms with Crippen LogP contribution in [0.1, 0.15) is 0 Å². The molecule has 0 aliphatic rings. The van der Waals surface area contributed by atoms with Crippen LogP contribution in [0, 0.1) is 0 Å². The van der Waals surface area contributed by atoms with Crippen molar-refractivity contribution in [1.29, 1.82) is 0 Å². The van der Waals surface area contributed by atoms with Crippen molar-refractivity contribution >= 4 is 92.6 Å². The summed E-state index contributed by atoms with van der Waals surface area (Å²) in [7, 11) is -1.34. The van der Waals surface area contributed by atoms with Crippen molar-refractivity contribution < 1.29 is 24.3 Å². The third-order valence-corrected chi connectivity index (χ3v) is 16.5. The van der Waals surface area contributed by atoms with E-state index in [0.29, 0.717) is 0 Å². The van der Waals surface area contributed by atoms with Crippen molar-refractivity contribution in [3.8, 4) is 0 Å². The summed E-state index contributed by atoms with van der Waals surface area (Å²) < 4.78 is 0. The number of hydrogen-bond acceptors (Lipinski definition) is 1. The summed E-state index contributed by atoms with van der Waals surface area (Å²) in [6, 6.07) is 97.0. The van der Waals surface area contributed by atoms with Crippen LogP contribution in [0.5, 0.6) is 0 Å². The molecule has 0 unspecified atom stereocenters. The van der Waals surface area contributed by atoms with Gasteiger partial charge in [0.05, 0.1) is 0 Å². The Balaban J connectivity index is 0.000000166. The van der Waals surface area contributed by atoms with Gasteiger partial charge in [-0.15, -0.1) is 0 Å². The van der Waals surface area contributed by atoms with E-state index >= 15 is 0 Å². The smallest absolute Gasteiger partial charge is 0.0134 e. The predicted octanol–water partition coefficient (Wildman–Crippen LogP) is 10.5. The van der Waals surface area contributed by atoms with E-state index < -0.39 is 23.8 Å². The first-order chi connectivity index (χ1) is 29.8. The van der Waals surface area contributed by atoms with E-state index in [1.807, 2.05) is 0 Å². The van der Waals surface area contributed by atoms with Gasteiger partial charge >= 0.3 is 19.5 Å². The fourth-order valence-electron chi connectivity index (χ4n) is 6.54. The molecule has 0 N–H and O–H groups in total. The SMILES string of the molecule is O=[C-]Br.[RuH+].c1ccc(P(c2ccccc2)c2ccccc2)cc1.c1ccc(P(c2ccccc2)c2ccccc2)cc1.c1ccc(P(c2ccccc2)c2ccccc2)cc1. The molecular formula is C55H46BrOP3Ru. The molecule has 0 bridgehead atoms. The molecule has 0 fully saturated rings. The second-order valence-electron chi connectivity index (χ2n) is 13.1. The molecule has 0 atom stereocenters. The van der Waals surface area contributed by atoms with Crippen LogP contribution in [-0.2, 0) is 24.3 Å². The fraction of sp³-hybridized carbons (Fsp3) is 0. The first-order valence-corrected chi connectivity index (χ1v) is 24.4. The Morgan fingerprint density at radius 3 is 0.393 bits per heavy atom. The number of halogens is 1. The Labute approximate surface area is 387 Å². The number of rotatable bonds is 9. The molecule has 0 amide bonds. The normalized spacial score (nSPS) is 10.1. The third kappa shape index (κ3) is 14.6. The molecule has 0 aliphatic carbocycles. The Kier molecular flexibility index (Phi) is 20.9. The van der Waals surface area contributed by atoms with Crippen LogP contribution in [0.2, 0.25) is 0 Å². The third-order valence-electron chi connectivity index (χ3n) is 9.13. The van der Waals surface area contributed by atoms with E-state index in [4.69, 9.17) is 4.79 Å². The van der Waals surface area contributed by atoms with Crippen LogP contribution >= 0.6 is 39.7 Å². The molecule has 0 aromatic heterocycles. The molecule has 0 saturated carbocycles. The quantitative estimate of drug-likeness (QED) is 0.0610. The fourth-order valence-corrected chi connectivity index (χ4v) is 13.5. The standard InChI is InChI=1S/3C18H15P.CBrO.Ru.H/c3*1-4-10-16(11-5-1)19(17-12-6-2-7-13-17)18-14-8-3-9-15-18;2-1-3;;/h3*1-15H;;;/q;;;-1;+1;. The maximum Gasteiger partial charge on any atom is -0.0134 e. The van der Waals surface area contributed by atoms with Crippen molar-refractivity contribution in [2.45, 2.75) is 0 Å². The average Bonchev–Trinajstić information content (AvgIpc) is 3.33. The molecule has 1 radical (unpaired) electrons. The predicted molar refractivity (Wildman–Crippen MR) is 271 cm³/mol. The summed E-state index contributed by atoms with van der Waals surface area (Å²) in [4.78, 5) is 8.60. The summed E-state index contributed by atoms with van der Waals surface area (Å²) in [6.45, 7) is 0. The van der Waals surface area contributed by atoms with Crippen molar-refractivity contribution in [1.82, 2.24) is 0 Å². The van der Waals surface area contributed by atoms with Gasteiger partial charge in [0.1, 0.15) is 0 Å². The molecule has 1 nitrogen and oxygen atoms in total. The molecule has 9 aromatic rings. The topological polar surface area (TPSA) is 17.1 Å². The monoisotopic (exact) mass is 996 g/mol. The van der Waals surface area contributed by atoms with E-state index in [0.717, 1.165) is 0 Å². The Hall–Kier alpha value is -4.96. The van der Waals surface area contributed by atoms with Gasteiger partial charge in [0, 0.05) is 0 Å². The van der Waals surface area contributed by atoms with Gasteiger partial charge in [-0.25, -0.2) is 0 Å². The van der Waals surface area contributed by atoms with E-state index in [1.54, 1.807) is 0 Å². The number of hydrogen-bond donors (Lipinski definition) is 0. The van der Waals surface area contributed by atoms with Crippen LogP contribution < -0.4 is 47.7 Å². The molecule has 6 heteroatoms. The summed E-state index contributed by atoms with van der Waals surface area (Å²) in [5.41, 5.74) is 0. The molecule has 0 heterocycles. The van der Waals surface area contributed by atoms with Gasteiger partial charge in [-0.05, 0) is 71.5 Å². The molecule has 0 spiro atoms. The zero-order valence-electron chi connectivity index (χ0n) is 33.5. The Morgan fingerprint density at radius 1 is 0.230 bits per heavy atom. The van der Waals surface area contributed by atoms with Crippen LogP contribution in [0.25, 0.3) is 0 Å².